The van der Waals surface area contributed by atoms with Crippen molar-refractivity contribution in [1.82, 2.24) is 9.97 Å². The molecule has 0 fully saturated rings. The predicted molar refractivity (Wildman–Crippen MR) is 92.9 cm³/mol. The summed E-state index contributed by atoms with van der Waals surface area (Å²) in [5.41, 5.74) is 2.65. The van der Waals surface area contributed by atoms with Gasteiger partial charge in [-0.3, -0.25) is 0 Å². The zero-order chi connectivity index (χ0) is 15.1. The summed E-state index contributed by atoms with van der Waals surface area (Å²) >= 11 is 7.88. The van der Waals surface area contributed by atoms with Gasteiger partial charge < -0.3 is 5.32 Å². The van der Waals surface area contributed by atoms with E-state index < -0.39 is 0 Å². The second-order valence-corrected chi connectivity index (χ2v) is 7.08. The zero-order valence-corrected chi connectivity index (χ0v) is 13.8. The van der Waals surface area contributed by atoms with Gasteiger partial charge in [0.25, 0.3) is 0 Å². The molecule has 0 spiro atoms. The lowest BCUT2D eigenvalue weighted by Gasteiger charge is -2.16. The smallest absolute Gasteiger partial charge is 0.225 e. The van der Waals surface area contributed by atoms with Gasteiger partial charge in [-0.25, -0.2) is 9.97 Å². The van der Waals surface area contributed by atoms with Crippen LogP contribution in [0.15, 0.2) is 30.3 Å². The average Bonchev–Trinajstić information content (AvgIpc) is 3.08. The SMILES string of the molecule is CC(Nc1nc(Cl)nc2sc3c(c12)CCC3)c1ccccc1. The fourth-order valence-electron chi connectivity index (χ4n) is 3.10. The first-order valence-corrected chi connectivity index (χ1v) is 8.71. The third-order valence-electron chi connectivity index (χ3n) is 4.19. The summed E-state index contributed by atoms with van der Waals surface area (Å²) in [7, 11) is 0. The number of benzene rings is 1. The standard InChI is InChI=1S/C17H16ClN3S/c1-10(11-6-3-2-4-7-11)19-15-14-12-8-5-9-13(12)22-16(14)21-17(18)20-15/h2-4,6-7,10H,5,8-9H2,1H3,(H,19,20,21). The topological polar surface area (TPSA) is 37.8 Å². The number of nitrogens with zero attached hydrogens (tertiary/aromatic N) is 2. The fraction of sp³-hybridized carbons (Fsp3) is 0.294. The van der Waals surface area contributed by atoms with Crippen LogP contribution in [-0.2, 0) is 12.8 Å². The Hall–Kier alpha value is -1.65. The molecule has 1 N–H and O–H groups in total. The molecule has 1 aromatic carbocycles. The van der Waals surface area contributed by atoms with Gasteiger partial charge in [-0.1, -0.05) is 30.3 Å². The molecule has 1 aliphatic carbocycles. The molecule has 0 amide bonds. The molecule has 0 saturated carbocycles. The van der Waals surface area contributed by atoms with E-state index in [1.807, 2.05) is 6.07 Å². The summed E-state index contributed by atoms with van der Waals surface area (Å²) in [6.07, 6.45) is 3.50. The number of anilines is 1. The molecule has 2 heterocycles. The highest BCUT2D eigenvalue weighted by molar-refractivity contribution is 7.19. The van der Waals surface area contributed by atoms with Crippen molar-refractivity contribution in [2.24, 2.45) is 0 Å². The molecule has 22 heavy (non-hydrogen) atoms. The van der Waals surface area contributed by atoms with E-state index >= 15 is 0 Å². The van der Waals surface area contributed by atoms with E-state index in [1.54, 1.807) is 11.3 Å². The number of nitrogens with one attached hydrogen (secondary N) is 1. The van der Waals surface area contributed by atoms with Crippen molar-refractivity contribution in [1.29, 1.82) is 0 Å². The molecule has 0 bridgehead atoms. The van der Waals surface area contributed by atoms with E-state index in [9.17, 15) is 0 Å². The molecule has 4 rings (SSSR count). The van der Waals surface area contributed by atoms with Crippen molar-refractivity contribution in [2.75, 3.05) is 5.32 Å². The highest BCUT2D eigenvalue weighted by Gasteiger charge is 2.22. The van der Waals surface area contributed by atoms with Gasteiger partial charge in [0.2, 0.25) is 5.28 Å². The maximum atomic E-state index is 6.12. The zero-order valence-electron chi connectivity index (χ0n) is 12.3. The Morgan fingerprint density at radius 1 is 1.18 bits per heavy atom. The van der Waals surface area contributed by atoms with Crippen LogP contribution in [0.3, 0.4) is 0 Å². The summed E-state index contributed by atoms with van der Waals surface area (Å²) in [4.78, 5) is 11.3. The van der Waals surface area contributed by atoms with Crippen LogP contribution < -0.4 is 5.32 Å². The first-order chi connectivity index (χ1) is 10.7. The highest BCUT2D eigenvalue weighted by atomic mass is 35.5. The maximum absolute atomic E-state index is 6.12. The number of thiophene rings is 1. The first-order valence-electron chi connectivity index (χ1n) is 7.51. The highest BCUT2D eigenvalue weighted by Crippen LogP contribution is 2.40. The number of hydrogen-bond acceptors (Lipinski definition) is 4. The Morgan fingerprint density at radius 2 is 2.00 bits per heavy atom. The van der Waals surface area contributed by atoms with Crippen molar-refractivity contribution in [3.63, 3.8) is 0 Å². The van der Waals surface area contributed by atoms with E-state index in [0.717, 1.165) is 23.5 Å². The van der Waals surface area contributed by atoms with Gasteiger partial charge in [-0.2, -0.15) is 0 Å². The van der Waals surface area contributed by atoms with Gasteiger partial charge in [0.1, 0.15) is 10.6 Å². The molecule has 3 nitrogen and oxygen atoms in total. The van der Waals surface area contributed by atoms with Crippen LogP contribution in [0, 0.1) is 0 Å². The lowest BCUT2D eigenvalue weighted by molar-refractivity contribution is 0.875. The monoisotopic (exact) mass is 329 g/mol. The first kappa shape index (κ1) is 14.0. The van der Waals surface area contributed by atoms with Crippen molar-refractivity contribution in [3.8, 4) is 0 Å². The summed E-state index contributed by atoms with van der Waals surface area (Å²) < 4.78 is 0. The molecule has 1 aliphatic rings. The number of halogens is 1. The Morgan fingerprint density at radius 3 is 2.82 bits per heavy atom. The van der Waals surface area contributed by atoms with Crippen LogP contribution in [0.4, 0.5) is 5.82 Å². The minimum atomic E-state index is 0.173. The van der Waals surface area contributed by atoms with Crippen LogP contribution in [0.1, 0.15) is 35.4 Å². The van der Waals surface area contributed by atoms with Gasteiger partial charge in [0, 0.05) is 10.9 Å². The third kappa shape index (κ3) is 2.36. The third-order valence-corrected chi connectivity index (χ3v) is 5.54. The minimum Gasteiger partial charge on any atom is -0.363 e. The Bertz CT molecular complexity index is 829. The fourth-order valence-corrected chi connectivity index (χ4v) is 4.58. The normalized spacial score (nSPS) is 15.0. The van der Waals surface area contributed by atoms with Gasteiger partial charge in [-0.05, 0) is 48.9 Å². The van der Waals surface area contributed by atoms with E-state index in [1.165, 1.54) is 27.8 Å². The molecule has 1 atom stereocenters. The van der Waals surface area contributed by atoms with Crippen molar-refractivity contribution >= 4 is 39.0 Å². The number of aryl methyl sites for hydroxylation is 2. The maximum Gasteiger partial charge on any atom is 0.225 e. The predicted octanol–water partition coefficient (Wildman–Crippen LogP) is 5.01. The van der Waals surface area contributed by atoms with Gasteiger partial charge in [0.05, 0.1) is 5.39 Å². The van der Waals surface area contributed by atoms with E-state index in [4.69, 9.17) is 11.6 Å². The molecule has 1 unspecified atom stereocenters. The van der Waals surface area contributed by atoms with Crippen molar-refractivity contribution in [2.45, 2.75) is 32.2 Å². The molecule has 3 aromatic rings. The number of aromatic nitrogens is 2. The Kier molecular flexibility index (Phi) is 3.51. The molecular formula is C17H16ClN3S. The van der Waals surface area contributed by atoms with Gasteiger partial charge in [0.15, 0.2) is 0 Å². The van der Waals surface area contributed by atoms with Crippen LogP contribution >= 0.6 is 22.9 Å². The summed E-state index contributed by atoms with van der Waals surface area (Å²) in [6.45, 7) is 2.14. The van der Waals surface area contributed by atoms with Crippen molar-refractivity contribution in [3.05, 3.63) is 51.6 Å². The molecular weight excluding hydrogens is 314 g/mol. The van der Waals surface area contributed by atoms with Gasteiger partial charge in [-0.15, -0.1) is 11.3 Å². The van der Waals surface area contributed by atoms with Gasteiger partial charge >= 0.3 is 0 Å². The van der Waals surface area contributed by atoms with Crippen LogP contribution in [0.5, 0.6) is 0 Å². The van der Waals surface area contributed by atoms with E-state index in [0.29, 0.717) is 5.28 Å². The average molecular weight is 330 g/mol. The Labute approximate surface area is 138 Å². The molecule has 0 saturated heterocycles. The lowest BCUT2D eigenvalue weighted by atomic mass is 10.1. The largest absolute Gasteiger partial charge is 0.363 e. The molecule has 0 aliphatic heterocycles. The number of rotatable bonds is 3. The van der Waals surface area contributed by atoms with E-state index in [-0.39, 0.29) is 6.04 Å². The summed E-state index contributed by atoms with van der Waals surface area (Å²) in [5, 5.41) is 5.01. The van der Waals surface area contributed by atoms with Crippen LogP contribution in [0.2, 0.25) is 5.28 Å². The number of fused-ring (bicyclic) bond motifs is 3. The summed E-state index contributed by atoms with van der Waals surface area (Å²) in [6, 6.07) is 10.6. The van der Waals surface area contributed by atoms with Crippen molar-refractivity contribution < 1.29 is 0 Å². The molecule has 2 aromatic heterocycles. The minimum absolute atomic E-state index is 0.173. The lowest BCUT2D eigenvalue weighted by Crippen LogP contribution is -2.09. The summed E-state index contributed by atoms with van der Waals surface area (Å²) in [5.74, 6) is 0.866. The second-order valence-electron chi connectivity index (χ2n) is 5.66. The number of hydrogen-bond donors (Lipinski definition) is 1. The Balaban J connectivity index is 1.78. The molecule has 0 radical (unpaired) electrons. The van der Waals surface area contributed by atoms with Crippen LogP contribution in [-0.4, -0.2) is 9.97 Å². The van der Waals surface area contributed by atoms with Crippen LogP contribution in [0.25, 0.3) is 10.2 Å². The van der Waals surface area contributed by atoms with E-state index in [2.05, 4.69) is 46.5 Å². The second kappa shape index (κ2) is 5.52. The molecule has 112 valence electrons. The quantitative estimate of drug-likeness (QED) is 0.687. The molecule has 5 heteroatoms.